The molecule has 0 bridgehead atoms. The van der Waals surface area contributed by atoms with Crippen molar-refractivity contribution in [3.63, 3.8) is 0 Å². The Balaban J connectivity index is 1.87. The molecule has 0 spiro atoms. The number of likely N-dealkylation sites (N-methyl/N-ethyl adjacent to an activating group) is 1. The van der Waals surface area contributed by atoms with Crippen molar-refractivity contribution in [2.45, 2.75) is 51.7 Å². The van der Waals surface area contributed by atoms with Gasteiger partial charge in [0.25, 0.3) is 5.91 Å². The molecule has 0 aromatic heterocycles. The highest BCUT2D eigenvalue weighted by molar-refractivity contribution is 6.07. The molecule has 1 saturated heterocycles. The minimum Gasteiger partial charge on any atom is -0.444 e. The van der Waals surface area contributed by atoms with E-state index in [1.165, 1.54) is 0 Å². The van der Waals surface area contributed by atoms with E-state index in [9.17, 15) is 9.59 Å². The Labute approximate surface area is 172 Å². The van der Waals surface area contributed by atoms with Crippen LogP contribution in [0.3, 0.4) is 0 Å². The fraction of sp³-hybridized carbons (Fsp3) is 0.478. The molecule has 1 fully saturated rings. The Bertz CT molecular complexity index is 882. The van der Waals surface area contributed by atoms with E-state index in [0.717, 1.165) is 36.6 Å². The summed E-state index contributed by atoms with van der Waals surface area (Å²) < 4.78 is 11.1. The molecule has 0 aliphatic carbocycles. The lowest BCUT2D eigenvalue weighted by Crippen LogP contribution is -2.37. The van der Waals surface area contributed by atoms with Gasteiger partial charge in [0.2, 0.25) is 0 Å². The first-order chi connectivity index (χ1) is 13.7. The van der Waals surface area contributed by atoms with Crippen LogP contribution in [0.2, 0.25) is 0 Å². The average Bonchev–Trinajstić information content (AvgIpc) is 2.66. The third-order valence-electron chi connectivity index (χ3n) is 4.85. The number of nitrogens with one attached hydrogen (secondary N) is 1. The fourth-order valence-electron chi connectivity index (χ4n) is 3.48. The topological polar surface area (TPSA) is 67.9 Å². The van der Waals surface area contributed by atoms with E-state index in [2.05, 4.69) is 5.32 Å². The number of benzene rings is 2. The van der Waals surface area contributed by atoms with Gasteiger partial charge in [-0.25, -0.2) is 4.79 Å². The van der Waals surface area contributed by atoms with Gasteiger partial charge >= 0.3 is 6.09 Å². The first-order valence-corrected chi connectivity index (χ1v) is 10.1. The van der Waals surface area contributed by atoms with Gasteiger partial charge in [0.15, 0.2) is 0 Å². The maximum Gasteiger partial charge on any atom is 0.412 e. The summed E-state index contributed by atoms with van der Waals surface area (Å²) in [5.41, 5.74) is 0.257. The number of carbonyl (C=O) groups is 2. The summed E-state index contributed by atoms with van der Waals surface area (Å²) in [7, 11) is 1.77. The number of hydrogen-bond donors (Lipinski definition) is 1. The normalized spacial score (nSPS) is 17.0. The van der Waals surface area contributed by atoms with Crippen LogP contribution >= 0.6 is 0 Å². The van der Waals surface area contributed by atoms with E-state index in [1.54, 1.807) is 32.7 Å². The first kappa shape index (κ1) is 21.1. The molecule has 0 radical (unpaired) electrons. The molecule has 1 heterocycles. The van der Waals surface area contributed by atoms with Crippen molar-refractivity contribution in [1.82, 2.24) is 4.90 Å². The summed E-state index contributed by atoms with van der Waals surface area (Å²) in [6, 6.07) is 11.4. The zero-order chi connectivity index (χ0) is 21.0. The maximum absolute atomic E-state index is 13.2. The minimum atomic E-state index is -0.625. The second-order valence-electron chi connectivity index (χ2n) is 8.55. The molecule has 0 saturated carbocycles. The lowest BCUT2D eigenvalue weighted by molar-refractivity contribution is -0.000171. The summed E-state index contributed by atoms with van der Waals surface area (Å²) in [5.74, 6) is -0.156. The van der Waals surface area contributed by atoms with Crippen LogP contribution in [0.4, 0.5) is 10.5 Å². The highest BCUT2D eigenvalue weighted by atomic mass is 16.6. The minimum absolute atomic E-state index is 0.0559. The molecule has 156 valence electrons. The lowest BCUT2D eigenvalue weighted by atomic mass is 10.0. The Hall–Kier alpha value is -2.60. The zero-order valence-corrected chi connectivity index (χ0v) is 17.7. The lowest BCUT2D eigenvalue weighted by Gasteiger charge is -2.28. The van der Waals surface area contributed by atoms with Gasteiger partial charge < -0.3 is 14.4 Å². The highest BCUT2D eigenvalue weighted by Crippen LogP contribution is 2.26. The van der Waals surface area contributed by atoms with Crippen LogP contribution in [0.15, 0.2) is 36.4 Å². The van der Waals surface area contributed by atoms with Gasteiger partial charge in [-0.3, -0.25) is 10.1 Å². The molecule has 6 heteroatoms. The van der Waals surface area contributed by atoms with E-state index in [4.69, 9.17) is 9.47 Å². The first-order valence-electron chi connectivity index (χ1n) is 10.1. The molecular formula is C23H30N2O4. The number of anilines is 1. The molecule has 1 atom stereocenters. The molecule has 2 amide bonds. The van der Waals surface area contributed by atoms with Gasteiger partial charge in [-0.05, 0) is 62.9 Å². The largest absolute Gasteiger partial charge is 0.444 e. The van der Waals surface area contributed by atoms with Crippen LogP contribution in [-0.4, -0.2) is 48.8 Å². The van der Waals surface area contributed by atoms with Gasteiger partial charge in [0.1, 0.15) is 5.60 Å². The Morgan fingerprint density at radius 2 is 1.86 bits per heavy atom. The van der Waals surface area contributed by atoms with Crippen molar-refractivity contribution in [2.75, 3.05) is 25.5 Å². The number of carbonyl (C=O) groups excluding carboxylic acids is 2. The third-order valence-corrected chi connectivity index (χ3v) is 4.85. The molecule has 3 rings (SSSR count). The Kier molecular flexibility index (Phi) is 6.42. The summed E-state index contributed by atoms with van der Waals surface area (Å²) in [4.78, 5) is 27.2. The zero-order valence-electron chi connectivity index (χ0n) is 17.7. The number of ether oxygens (including phenoxy) is 2. The van der Waals surface area contributed by atoms with Crippen molar-refractivity contribution < 1.29 is 19.1 Å². The molecule has 29 heavy (non-hydrogen) atoms. The number of rotatable bonds is 4. The molecule has 2 aromatic carbocycles. The summed E-state index contributed by atoms with van der Waals surface area (Å²) in [6.45, 7) is 6.68. The van der Waals surface area contributed by atoms with E-state index in [-0.39, 0.29) is 12.0 Å². The van der Waals surface area contributed by atoms with Crippen LogP contribution in [0.25, 0.3) is 10.8 Å². The van der Waals surface area contributed by atoms with Crippen LogP contribution in [-0.2, 0) is 9.47 Å². The predicted molar refractivity (Wildman–Crippen MR) is 114 cm³/mol. The van der Waals surface area contributed by atoms with Crippen molar-refractivity contribution >= 4 is 28.5 Å². The molecule has 1 aliphatic rings. The summed E-state index contributed by atoms with van der Waals surface area (Å²) >= 11 is 0. The second-order valence-corrected chi connectivity index (χ2v) is 8.55. The number of fused-ring (bicyclic) bond motifs is 1. The van der Waals surface area contributed by atoms with Crippen molar-refractivity contribution in [2.24, 2.45) is 0 Å². The molecular weight excluding hydrogens is 368 g/mol. The number of amides is 2. The molecule has 1 N–H and O–H groups in total. The monoisotopic (exact) mass is 398 g/mol. The summed E-state index contributed by atoms with van der Waals surface area (Å²) in [5, 5.41) is 4.63. The van der Waals surface area contributed by atoms with E-state index >= 15 is 0 Å². The maximum atomic E-state index is 13.2. The van der Waals surface area contributed by atoms with Crippen LogP contribution in [0, 0.1) is 0 Å². The standard InChI is InChI=1S/C23H30N2O4/c1-23(2,3)29-22(27)24-20-14-17-10-6-5-9-16(17)13-19(20)21(26)25(4)15-18-11-7-8-12-28-18/h5-6,9-10,13-14,18H,7-8,11-12,15H2,1-4H3,(H,24,27). The fourth-order valence-corrected chi connectivity index (χ4v) is 3.48. The number of hydrogen-bond acceptors (Lipinski definition) is 4. The van der Waals surface area contributed by atoms with Gasteiger partial charge in [-0.15, -0.1) is 0 Å². The van der Waals surface area contributed by atoms with E-state index in [1.807, 2.05) is 36.4 Å². The van der Waals surface area contributed by atoms with Crippen LogP contribution in [0.5, 0.6) is 0 Å². The Morgan fingerprint density at radius 3 is 2.48 bits per heavy atom. The van der Waals surface area contributed by atoms with Gasteiger partial charge in [-0.1, -0.05) is 24.3 Å². The van der Waals surface area contributed by atoms with E-state index < -0.39 is 11.7 Å². The van der Waals surface area contributed by atoms with Gasteiger partial charge in [0.05, 0.1) is 17.4 Å². The van der Waals surface area contributed by atoms with E-state index in [0.29, 0.717) is 17.8 Å². The van der Waals surface area contributed by atoms with Crippen molar-refractivity contribution in [3.05, 3.63) is 42.0 Å². The molecule has 6 nitrogen and oxygen atoms in total. The molecule has 1 unspecified atom stereocenters. The third kappa shape index (κ3) is 5.70. The summed E-state index contributed by atoms with van der Waals surface area (Å²) in [6.07, 6.45) is 2.62. The smallest absolute Gasteiger partial charge is 0.412 e. The second kappa shape index (κ2) is 8.82. The van der Waals surface area contributed by atoms with Crippen LogP contribution in [0.1, 0.15) is 50.4 Å². The van der Waals surface area contributed by atoms with Gasteiger partial charge in [0, 0.05) is 20.2 Å². The number of nitrogens with zero attached hydrogens (tertiary/aromatic N) is 1. The SMILES string of the molecule is CN(CC1CCCCO1)C(=O)c1cc2ccccc2cc1NC(=O)OC(C)(C)C. The highest BCUT2D eigenvalue weighted by Gasteiger charge is 2.24. The molecule has 2 aromatic rings. The van der Waals surface area contributed by atoms with Crippen LogP contribution < -0.4 is 5.32 Å². The van der Waals surface area contributed by atoms with Gasteiger partial charge in [-0.2, -0.15) is 0 Å². The van der Waals surface area contributed by atoms with Crippen molar-refractivity contribution in [1.29, 1.82) is 0 Å². The predicted octanol–water partition coefficient (Wildman–Crippen LogP) is 4.83. The quantitative estimate of drug-likeness (QED) is 0.801. The average molecular weight is 399 g/mol. The molecule has 1 aliphatic heterocycles. The van der Waals surface area contributed by atoms with Crippen molar-refractivity contribution in [3.8, 4) is 0 Å². The Morgan fingerprint density at radius 1 is 1.17 bits per heavy atom.